The number of hydrogen-bond acceptors (Lipinski definition) is 3. The quantitative estimate of drug-likeness (QED) is 0.844. The van der Waals surface area contributed by atoms with Gasteiger partial charge in [0.25, 0.3) is 0 Å². The summed E-state index contributed by atoms with van der Waals surface area (Å²) in [6.45, 7) is 1.75. The van der Waals surface area contributed by atoms with E-state index in [4.69, 9.17) is 16.9 Å². The van der Waals surface area contributed by atoms with E-state index in [1.165, 1.54) is 11.4 Å². The van der Waals surface area contributed by atoms with Crippen LogP contribution in [0.4, 0.5) is 0 Å². The van der Waals surface area contributed by atoms with Crippen molar-refractivity contribution in [2.45, 2.75) is 13.0 Å². The molecule has 0 spiro atoms. The van der Waals surface area contributed by atoms with Gasteiger partial charge < -0.3 is 0 Å². The minimum atomic E-state index is -3.54. The molecule has 0 fully saturated rings. The molecule has 0 saturated carbocycles. The van der Waals surface area contributed by atoms with Crippen LogP contribution >= 0.6 is 11.6 Å². The van der Waals surface area contributed by atoms with E-state index in [0.717, 1.165) is 5.56 Å². The van der Waals surface area contributed by atoms with Gasteiger partial charge in [-0.1, -0.05) is 23.7 Å². The lowest BCUT2D eigenvalue weighted by Gasteiger charge is -2.23. The van der Waals surface area contributed by atoms with Gasteiger partial charge in [-0.2, -0.15) is 9.57 Å². The van der Waals surface area contributed by atoms with Crippen molar-refractivity contribution < 1.29 is 8.42 Å². The van der Waals surface area contributed by atoms with Gasteiger partial charge in [-0.3, -0.25) is 0 Å². The molecule has 0 aromatic heterocycles. The van der Waals surface area contributed by atoms with Crippen molar-refractivity contribution in [3.8, 4) is 6.07 Å². The van der Waals surface area contributed by atoms with Crippen LogP contribution in [0.3, 0.4) is 0 Å². The van der Waals surface area contributed by atoms with Crippen LogP contribution in [0.25, 0.3) is 0 Å². The molecule has 1 atom stereocenters. The molecule has 0 aliphatic rings. The molecule has 1 aromatic carbocycles. The minimum Gasteiger partial charge on any atom is -0.211 e. The fourth-order valence-electron chi connectivity index (χ4n) is 1.40. The summed E-state index contributed by atoms with van der Waals surface area (Å²) in [6.07, 6.45) is 0. The molecule has 1 rings (SSSR count). The van der Waals surface area contributed by atoms with Crippen molar-refractivity contribution in [2.24, 2.45) is 0 Å². The molecular formula is C11H13ClN2O2S. The van der Waals surface area contributed by atoms with Gasteiger partial charge in [0.05, 0.1) is 6.07 Å². The maximum atomic E-state index is 11.7. The molecule has 0 heterocycles. The molecule has 6 heteroatoms. The van der Waals surface area contributed by atoms with Crippen molar-refractivity contribution in [3.05, 3.63) is 34.9 Å². The zero-order valence-electron chi connectivity index (χ0n) is 9.59. The Balaban J connectivity index is 2.99. The second kappa shape index (κ2) is 5.50. The lowest BCUT2D eigenvalue weighted by atomic mass is 10.1. The van der Waals surface area contributed by atoms with Crippen LogP contribution in [-0.2, 0) is 10.0 Å². The summed E-state index contributed by atoms with van der Waals surface area (Å²) in [6, 6.07) is 8.30. The average molecular weight is 273 g/mol. The first-order valence-corrected chi connectivity index (χ1v) is 6.95. The van der Waals surface area contributed by atoms with E-state index in [2.05, 4.69) is 0 Å². The number of rotatable bonds is 4. The minimum absolute atomic E-state index is 0.355. The molecule has 4 nitrogen and oxygen atoms in total. The molecule has 17 heavy (non-hydrogen) atoms. The number of nitriles is 1. The van der Waals surface area contributed by atoms with Gasteiger partial charge in [0, 0.05) is 18.1 Å². The second-order valence-corrected chi connectivity index (χ2v) is 6.13. The van der Waals surface area contributed by atoms with Gasteiger partial charge in [-0.15, -0.1) is 0 Å². The summed E-state index contributed by atoms with van der Waals surface area (Å²) in [5.41, 5.74) is 0.793. The maximum Gasteiger partial charge on any atom is 0.227 e. The Hall–Kier alpha value is -1.09. The number of sulfonamides is 1. The van der Waals surface area contributed by atoms with Crippen LogP contribution in [0.5, 0.6) is 0 Å². The molecular weight excluding hydrogens is 260 g/mol. The van der Waals surface area contributed by atoms with Crippen LogP contribution in [-0.4, -0.2) is 25.5 Å². The topological polar surface area (TPSA) is 61.2 Å². The summed E-state index contributed by atoms with van der Waals surface area (Å²) < 4.78 is 24.6. The zero-order chi connectivity index (χ0) is 13.1. The predicted octanol–water partition coefficient (Wildman–Crippen LogP) is 2.19. The first kappa shape index (κ1) is 14.0. The molecule has 0 saturated heterocycles. The van der Waals surface area contributed by atoms with E-state index in [1.807, 2.05) is 0 Å². The van der Waals surface area contributed by atoms with Crippen LogP contribution in [0.1, 0.15) is 18.5 Å². The number of halogens is 1. The summed E-state index contributed by atoms with van der Waals surface area (Å²) in [4.78, 5) is 0. The lowest BCUT2D eigenvalue weighted by molar-refractivity contribution is 0.400. The first-order chi connectivity index (χ1) is 7.88. The highest BCUT2D eigenvalue weighted by atomic mass is 35.5. The molecule has 0 amide bonds. The fraction of sp³-hybridized carbons (Fsp3) is 0.364. The Morgan fingerprint density at radius 1 is 1.53 bits per heavy atom. The Kier molecular flexibility index (Phi) is 4.52. The SMILES string of the molecule is CC(c1cccc(Cl)c1)N(C)S(=O)(=O)CC#N. The van der Waals surface area contributed by atoms with Crippen LogP contribution in [0, 0.1) is 11.3 Å². The van der Waals surface area contributed by atoms with E-state index in [0.29, 0.717) is 5.02 Å². The third-order valence-corrected chi connectivity index (χ3v) is 4.48. The summed E-state index contributed by atoms with van der Waals surface area (Å²) in [5, 5.41) is 9.03. The highest BCUT2D eigenvalue weighted by molar-refractivity contribution is 7.89. The van der Waals surface area contributed by atoms with Crippen molar-refractivity contribution in [1.29, 1.82) is 5.26 Å². The maximum absolute atomic E-state index is 11.7. The number of hydrogen-bond donors (Lipinski definition) is 0. The summed E-state index contributed by atoms with van der Waals surface area (Å²) in [7, 11) is -2.08. The van der Waals surface area contributed by atoms with Gasteiger partial charge in [-0.25, -0.2) is 8.42 Å². The highest BCUT2D eigenvalue weighted by Gasteiger charge is 2.23. The second-order valence-electron chi connectivity index (χ2n) is 3.66. The van der Waals surface area contributed by atoms with Crippen molar-refractivity contribution >= 4 is 21.6 Å². The van der Waals surface area contributed by atoms with E-state index in [-0.39, 0.29) is 6.04 Å². The molecule has 0 N–H and O–H groups in total. The average Bonchev–Trinajstić information content (AvgIpc) is 2.27. The van der Waals surface area contributed by atoms with Crippen molar-refractivity contribution in [3.63, 3.8) is 0 Å². The molecule has 1 aromatic rings. The Morgan fingerprint density at radius 3 is 2.71 bits per heavy atom. The number of nitrogens with zero attached hydrogens (tertiary/aromatic N) is 2. The zero-order valence-corrected chi connectivity index (χ0v) is 11.2. The Morgan fingerprint density at radius 2 is 2.18 bits per heavy atom. The van der Waals surface area contributed by atoms with E-state index < -0.39 is 15.8 Å². The van der Waals surface area contributed by atoms with Crippen LogP contribution < -0.4 is 0 Å². The van der Waals surface area contributed by atoms with Crippen LogP contribution in [0.2, 0.25) is 5.02 Å². The summed E-state index contributed by atoms with van der Waals surface area (Å²) >= 11 is 5.85. The first-order valence-electron chi connectivity index (χ1n) is 4.96. The van der Waals surface area contributed by atoms with Crippen molar-refractivity contribution in [2.75, 3.05) is 12.8 Å². The normalized spacial score (nSPS) is 13.4. The molecule has 0 aliphatic carbocycles. The predicted molar refractivity (Wildman–Crippen MR) is 67.0 cm³/mol. The molecule has 0 radical (unpaired) electrons. The van der Waals surface area contributed by atoms with E-state index in [1.54, 1.807) is 37.3 Å². The van der Waals surface area contributed by atoms with Gasteiger partial charge in [0.15, 0.2) is 5.75 Å². The smallest absolute Gasteiger partial charge is 0.211 e. The van der Waals surface area contributed by atoms with Gasteiger partial charge in [0.2, 0.25) is 10.0 Å². The molecule has 0 aliphatic heterocycles. The third-order valence-electron chi connectivity index (χ3n) is 2.56. The molecule has 1 unspecified atom stereocenters. The number of benzene rings is 1. The highest BCUT2D eigenvalue weighted by Crippen LogP contribution is 2.23. The Bertz CT molecular complexity index is 537. The van der Waals surface area contributed by atoms with Gasteiger partial charge in [-0.05, 0) is 24.6 Å². The lowest BCUT2D eigenvalue weighted by Crippen LogP contribution is -2.31. The Labute approximate surface area is 106 Å². The van der Waals surface area contributed by atoms with Gasteiger partial charge >= 0.3 is 0 Å². The monoisotopic (exact) mass is 272 g/mol. The van der Waals surface area contributed by atoms with Crippen LogP contribution in [0.15, 0.2) is 24.3 Å². The third kappa shape index (κ3) is 3.43. The van der Waals surface area contributed by atoms with Crippen molar-refractivity contribution in [1.82, 2.24) is 4.31 Å². The molecule has 0 bridgehead atoms. The van der Waals surface area contributed by atoms with E-state index in [9.17, 15) is 8.42 Å². The van der Waals surface area contributed by atoms with Gasteiger partial charge in [0.1, 0.15) is 0 Å². The summed E-state index contributed by atoms with van der Waals surface area (Å²) in [5.74, 6) is -0.519. The standard InChI is InChI=1S/C11H13ClN2O2S/c1-9(10-4-3-5-11(12)8-10)14(2)17(15,16)7-6-13/h3-5,8-9H,7H2,1-2H3. The largest absolute Gasteiger partial charge is 0.227 e. The van der Waals surface area contributed by atoms with E-state index >= 15 is 0 Å². The fourth-order valence-corrected chi connectivity index (χ4v) is 2.57. The molecule has 92 valence electrons.